The van der Waals surface area contributed by atoms with Gasteiger partial charge in [-0.1, -0.05) is 0 Å². The van der Waals surface area contributed by atoms with Crippen molar-refractivity contribution in [3.63, 3.8) is 0 Å². The first-order valence-corrected chi connectivity index (χ1v) is 4.52. The average Bonchev–Trinajstić information content (AvgIpc) is 2.31. The second-order valence-corrected chi connectivity index (χ2v) is 2.85. The molecule has 0 aliphatic rings. The number of carbonyl (C=O) groups is 1. The van der Waals surface area contributed by atoms with Gasteiger partial charge in [-0.15, -0.1) is 0 Å². The number of benzene rings is 1. The molecule has 4 nitrogen and oxygen atoms in total. The lowest BCUT2D eigenvalue weighted by molar-refractivity contribution is -0.134. The van der Waals surface area contributed by atoms with E-state index in [4.69, 9.17) is 4.74 Å². The molecule has 0 spiro atoms. The lowest BCUT2D eigenvalue weighted by Gasteiger charge is -2.05. The number of halogens is 1. The summed E-state index contributed by atoms with van der Waals surface area (Å²) in [6, 6.07) is 4.26. The van der Waals surface area contributed by atoms with Gasteiger partial charge in [-0.05, 0) is 12.1 Å². The van der Waals surface area contributed by atoms with E-state index in [1.54, 1.807) is 0 Å². The minimum absolute atomic E-state index is 0.222. The van der Waals surface area contributed by atoms with Crippen LogP contribution in [0.25, 0.3) is 0 Å². The van der Waals surface area contributed by atoms with E-state index in [1.165, 1.54) is 38.6 Å². The molecule has 1 aromatic rings. The smallest absolute Gasteiger partial charge is 0.331 e. The molecule has 1 N–H and O–H groups in total. The maximum absolute atomic E-state index is 13.2. The number of esters is 1. The van der Waals surface area contributed by atoms with Gasteiger partial charge >= 0.3 is 5.97 Å². The van der Waals surface area contributed by atoms with Crippen molar-refractivity contribution in [3.05, 3.63) is 36.3 Å². The summed E-state index contributed by atoms with van der Waals surface area (Å²) in [6.07, 6.45) is 2.45. The molecule has 0 saturated heterocycles. The van der Waals surface area contributed by atoms with Gasteiger partial charge in [-0.3, -0.25) is 0 Å². The van der Waals surface area contributed by atoms with Crippen LogP contribution in [0.5, 0.6) is 5.75 Å². The summed E-state index contributed by atoms with van der Waals surface area (Å²) >= 11 is 0. The molecule has 1 aromatic carbocycles. The highest BCUT2D eigenvalue weighted by atomic mass is 19.1. The standard InChI is InChI=1S/C11H12FNO3/c1-15-8-3-4-9(12)10(7-8)13-6-5-11(14)16-2/h3-7,13H,1-2H3/b6-5+. The molecule has 16 heavy (non-hydrogen) atoms. The molecule has 0 heterocycles. The van der Waals surface area contributed by atoms with Crippen molar-refractivity contribution >= 4 is 11.7 Å². The Morgan fingerprint density at radius 1 is 1.44 bits per heavy atom. The molecule has 0 unspecified atom stereocenters. The second kappa shape index (κ2) is 5.75. The Bertz CT molecular complexity index is 404. The van der Waals surface area contributed by atoms with Crippen LogP contribution in [0, 0.1) is 5.82 Å². The normalized spacial score (nSPS) is 10.2. The van der Waals surface area contributed by atoms with Crippen LogP contribution < -0.4 is 10.1 Å². The van der Waals surface area contributed by atoms with Gasteiger partial charge < -0.3 is 14.8 Å². The van der Waals surface area contributed by atoms with E-state index in [0.29, 0.717) is 5.75 Å². The summed E-state index contributed by atoms with van der Waals surface area (Å²) in [4.78, 5) is 10.7. The molecule has 0 bridgehead atoms. The number of carbonyl (C=O) groups excluding carboxylic acids is 1. The summed E-state index contributed by atoms with van der Waals surface area (Å²) in [5.74, 6) is -0.429. The highest BCUT2D eigenvalue weighted by Gasteiger charge is 2.01. The monoisotopic (exact) mass is 225 g/mol. The van der Waals surface area contributed by atoms with Crippen LogP contribution in [-0.4, -0.2) is 20.2 Å². The fourth-order valence-electron chi connectivity index (χ4n) is 1.01. The number of ether oxygens (including phenoxy) is 2. The van der Waals surface area contributed by atoms with E-state index in [-0.39, 0.29) is 5.69 Å². The first-order chi connectivity index (χ1) is 7.67. The third-order valence-corrected chi connectivity index (χ3v) is 1.83. The van der Waals surface area contributed by atoms with Crippen LogP contribution in [0.1, 0.15) is 0 Å². The van der Waals surface area contributed by atoms with Crippen LogP contribution in [0.15, 0.2) is 30.5 Å². The quantitative estimate of drug-likeness (QED) is 0.628. The highest BCUT2D eigenvalue weighted by Crippen LogP contribution is 2.20. The van der Waals surface area contributed by atoms with Crippen molar-refractivity contribution in [2.75, 3.05) is 19.5 Å². The molecule has 1 rings (SSSR count). The zero-order chi connectivity index (χ0) is 12.0. The van der Waals surface area contributed by atoms with E-state index >= 15 is 0 Å². The van der Waals surface area contributed by atoms with Gasteiger partial charge in [0.15, 0.2) is 0 Å². The number of rotatable bonds is 4. The maximum Gasteiger partial charge on any atom is 0.331 e. The Hall–Kier alpha value is -2.04. The third-order valence-electron chi connectivity index (χ3n) is 1.83. The zero-order valence-corrected chi connectivity index (χ0v) is 8.99. The van der Waals surface area contributed by atoms with Crippen molar-refractivity contribution in [3.8, 4) is 5.75 Å². The molecule has 86 valence electrons. The topological polar surface area (TPSA) is 47.6 Å². The lowest BCUT2D eigenvalue weighted by Crippen LogP contribution is -1.98. The van der Waals surface area contributed by atoms with Gasteiger partial charge in [0.2, 0.25) is 0 Å². The number of hydrogen-bond acceptors (Lipinski definition) is 4. The molecule has 0 aliphatic heterocycles. The van der Waals surface area contributed by atoms with E-state index in [1.807, 2.05) is 0 Å². The van der Waals surface area contributed by atoms with E-state index in [2.05, 4.69) is 10.1 Å². The molecule has 0 aromatic heterocycles. The number of hydrogen-bond donors (Lipinski definition) is 1. The molecule has 5 heteroatoms. The predicted molar refractivity (Wildman–Crippen MR) is 57.7 cm³/mol. The summed E-state index contributed by atoms with van der Waals surface area (Å²) in [5.41, 5.74) is 0.222. The highest BCUT2D eigenvalue weighted by molar-refractivity contribution is 5.82. The fraction of sp³-hybridized carbons (Fsp3) is 0.182. The predicted octanol–water partition coefficient (Wildman–Crippen LogP) is 1.93. The van der Waals surface area contributed by atoms with E-state index in [0.717, 1.165) is 6.08 Å². The Balaban J connectivity index is 2.72. The maximum atomic E-state index is 13.2. The third kappa shape index (κ3) is 3.27. The van der Waals surface area contributed by atoms with Crippen LogP contribution >= 0.6 is 0 Å². The largest absolute Gasteiger partial charge is 0.497 e. The number of methoxy groups -OCH3 is 2. The molecule has 0 radical (unpaired) electrons. The molecule has 0 saturated carbocycles. The second-order valence-electron chi connectivity index (χ2n) is 2.85. The summed E-state index contributed by atoms with van der Waals surface area (Å²) in [6.45, 7) is 0. The molecule has 0 fully saturated rings. The molecule has 0 amide bonds. The van der Waals surface area contributed by atoms with Crippen molar-refractivity contribution in [2.24, 2.45) is 0 Å². The summed E-state index contributed by atoms with van der Waals surface area (Å²) in [7, 11) is 2.75. The van der Waals surface area contributed by atoms with Gasteiger partial charge in [0, 0.05) is 18.3 Å². The molecular formula is C11H12FNO3. The fourth-order valence-corrected chi connectivity index (χ4v) is 1.01. The summed E-state index contributed by atoms with van der Waals surface area (Å²) < 4.78 is 22.6. The van der Waals surface area contributed by atoms with Gasteiger partial charge in [0.25, 0.3) is 0 Å². The van der Waals surface area contributed by atoms with Crippen LogP contribution in [0.3, 0.4) is 0 Å². The Kier molecular flexibility index (Phi) is 4.32. The van der Waals surface area contributed by atoms with Gasteiger partial charge in [0.1, 0.15) is 11.6 Å². The van der Waals surface area contributed by atoms with Crippen molar-refractivity contribution in [2.45, 2.75) is 0 Å². The van der Waals surface area contributed by atoms with Crippen molar-refractivity contribution in [1.29, 1.82) is 0 Å². The van der Waals surface area contributed by atoms with E-state index in [9.17, 15) is 9.18 Å². The zero-order valence-electron chi connectivity index (χ0n) is 8.99. The number of anilines is 1. The number of nitrogens with one attached hydrogen (secondary N) is 1. The average molecular weight is 225 g/mol. The SMILES string of the molecule is COC(=O)/C=C/Nc1cc(OC)ccc1F. The Labute approximate surface area is 92.7 Å². The molecular weight excluding hydrogens is 213 g/mol. The van der Waals surface area contributed by atoms with Crippen LogP contribution in [-0.2, 0) is 9.53 Å². The molecule has 0 atom stereocenters. The first-order valence-electron chi connectivity index (χ1n) is 4.52. The lowest BCUT2D eigenvalue weighted by atomic mass is 10.3. The van der Waals surface area contributed by atoms with Crippen LogP contribution in [0.2, 0.25) is 0 Å². The Morgan fingerprint density at radius 2 is 2.19 bits per heavy atom. The van der Waals surface area contributed by atoms with Gasteiger partial charge in [-0.25, -0.2) is 9.18 Å². The Morgan fingerprint density at radius 3 is 2.81 bits per heavy atom. The first kappa shape index (κ1) is 12.0. The van der Waals surface area contributed by atoms with Gasteiger partial charge in [0.05, 0.1) is 19.9 Å². The van der Waals surface area contributed by atoms with Crippen LogP contribution in [0.4, 0.5) is 10.1 Å². The molecule has 0 aliphatic carbocycles. The van der Waals surface area contributed by atoms with Gasteiger partial charge in [-0.2, -0.15) is 0 Å². The minimum Gasteiger partial charge on any atom is -0.497 e. The van der Waals surface area contributed by atoms with Crippen molar-refractivity contribution in [1.82, 2.24) is 0 Å². The summed E-state index contributed by atoms with van der Waals surface area (Å²) in [5, 5.41) is 2.62. The minimum atomic E-state index is -0.518. The van der Waals surface area contributed by atoms with E-state index < -0.39 is 11.8 Å². The van der Waals surface area contributed by atoms with Crippen molar-refractivity contribution < 1.29 is 18.7 Å².